The highest BCUT2D eigenvalue weighted by atomic mass is 35.5. The van der Waals surface area contributed by atoms with E-state index in [1.807, 2.05) is 0 Å². The predicted octanol–water partition coefficient (Wildman–Crippen LogP) is 2.14. The maximum absolute atomic E-state index is 12.8. The number of rotatable bonds is 3. The lowest BCUT2D eigenvalue weighted by Gasteiger charge is -2.06. The van der Waals surface area contributed by atoms with Crippen molar-refractivity contribution in [3.8, 4) is 5.75 Å². The molecule has 1 aromatic heterocycles. The number of aromatic nitrogens is 2. The van der Waals surface area contributed by atoms with Gasteiger partial charge in [-0.25, -0.2) is 9.37 Å². The zero-order chi connectivity index (χ0) is 12.3. The molecule has 0 aliphatic rings. The predicted molar refractivity (Wildman–Crippen MR) is 60.6 cm³/mol. The molecule has 4 nitrogen and oxygen atoms in total. The number of hydrogen-bond donors (Lipinski definition) is 1. The Bertz CT molecular complexity index is 586. The van der Waals surface area contributed by atoms with E-state index in [9.17, 15) is 9.18 Å². The normalized spacial score (nSPS) is 10.2. The summed E-state index contributed by atoms with van der Waals surface area (Å²) in [5, 5.41) is 0.170. The first kappa shape index (κ1) is 11.6. The lowest BCUT2D eigenvalue weighted by Crippen LogP contribution is -2.11. The van der Waals surface area contributed by atoms with E-state index in [0.29, 0.717) is 11.6 Å². The summed E-state index contributed by atoms with van der Waals surface area (Å²) in [5.74, 6) is 0.269. The van der Waals surface area contributed by atoms with Gasteiger partial charge < -0.3 is 9.72 Å². The highest BCUT2D eigenvalue weighted by molar-refractivity contribution is 6.32. The van der Waals surface area contributed by atoms with Crippen molar-refractivity contribution in [2.24, 2.45) is 0 Å². The molecule has 0 fully saturated rings. The lowest BCUT2D eigenvalue weighted by atomic mass is 10.3. The molecular formula is C11H8ClFN2O2. The molecule has 0 radical (unpaired) electrons. The van der Waals surface area contributed by atoms with Gasteiger partial charge in [0, 0.05) is 12.3 Å². The van der Waals surface area contributed by atoms with Crippen molar-refractivity contribution in [2.75, 3.05) is 0 Å². The molecule has 1 heterocycles. The lowest BCUT2D eigenvalue weighted by molar-refractivity contribution is 0.295. The molecule has 0 aliphatic carbocycles. The van der Waals surface area contributed by atoms with Gasteiger partial charge in [0.15, 0.2) is 0 Å². The highest BCUT2D eigenvalue weighted by Crippen LogP contribution is 2.25. The van der Waals surface area contributed by atoms with Gasteiger partial charge in [0.2, 0.25) is 0 Å². The Morgan fingerprint density at radius 2 is 2.24 bits per heavy atom. The van der Waals surface area contributed by atoms with E-state index in [-0.39, 0.29) is 17.2 Å². The fourth-order valence-electron chi connectivity index (χ4n) is 1.22. The molecule has 2 rings (SSSR count). The summed E-state index contributed by atoms with van der Waals surface area (Å²) >= 11 is 5.77. The number of H-pyrrole nitrogens is 1. The van der Waals surface area contributed by atoms with Gasteiger partial charge in [-0.2, -0.15) is 0 Å². The van der Waals surface area contributed by atoms with Crippen LogP contribution in [0.15, 0.2) is 35.3 Å². The monoisotopic (exact) mass is 254 g/mol. The number of aromatic amines is 1. The first-order valence-corrected chi connectivity index (χ1v) is 5.15. The molecule has 17 heavy (non-hydrogen) atoms. The number of halogens is 2. The summed E-state index contributed by atoms with van der Waals surface area (Å²) < 4.78 is 18.1. The van der Waals surface area contributed by atoms with E-state index in [4.69, 9.17) is 16.3 Å². The van der Waals surface area contributed by atoms with Crippen molar-refractivity contribution in [1.82, 2.24) is 9.97 Å². The van der Waals surface area contributed by atoms with Crippen molar-refractivity contribution in [2.45, 2.75) is 6.61 Å². The molecule has 88 valence electrons. The Morgan fingerprint density at radius 3 is 2.94 bits per heavy atom. The quantitative estimate of drug-likeness (QED) is 0.913. The van der Waals surface area contributed by atoms with Crippen LogP contribution in [0.2, 0.25) is 5.02 Å². The van der Waals surface area contributed by atoms with E-state index >= 15 is 0 Å². The van der Waals surface area contributed by atoms with Crippen molar-refractivity contribution < 1.29 is 9.13 Å². The van der Waals surface area contributed by atoms with Crippen LogP contribution in [0.3, 0.4) is 0 Å². The minimum absolute atomic E-state index is 0.0570. The van der Waals surface area contributed by atoms with Crippen LogP contribution < -0.4 is 10.3 Å². The van der Waals surface area contributed by atoms with Gasteiger partial charge in [-0.05, 0) is 18.2 Å². The van der Waals surface area contributed by atoms with E-state index in [2.05, 4.69) is 9.97 Å². The topological polar surface area (TPSA) is 55.0 Å². The SMILES string of the molecule is O=c1ccnc(COc2ccc(F)cc2Cl)[nH]1. The van der Waals surface area contributed by atoms with Crippen LogP contribution in [0.4, 0.5) is 4.39 Å². The third-order valence-corrected chi connectivity index (χ3v) is 2.28. The van der Waals surface area contributed by atoms with Crippen LogP contribution in [0.5, 0.6) is 5.75 Å². The number of hydrogen-bond acceptors (Lipinski definition) is 3. The fourth-order valence-corrected chi connectivity index (χ4v) is 1.44. The van der Waals surface area contributed by atoms with E-state index in [1.165, 1.54) is 24.4 Å². The van der Waals surface area contributed by atoms with Crippen LogP contribution >= 0.6 is 11.6 Å². The molecule has 0 amide bonds. The number of benzene rings is 1. The minimum Gasteiger partial charge on any atom is -0.484 e. The van der Waals surface area contributed by atoms with Crippen molar-refractivity contribution in [3.63, 3.8) is 0 Å². The van der Waals surface area contributed by atoms with Crippen LogP contribution in [-0.4, -0.2) is 9.97 Å². The second-order valence-electron chi connectivity index (χ2n) is 3.24. The number of nitrogens with zero attached hydrogens (tertiary/aromatic N) is 1. The van der Waals surface area contributed by atoms with Gasteiger partial charge in [-0.1, -0.05) is 11.6 Å². The minimum atomic E-state index is -0.436. The second-order valence-corrected chi connectivity index (χ2v) is 3.65. The summed E-state index contributed by atoms with van der Waals surface area (Å²) in [7, 11) is 0. The van der Waals surface area contributed by atoms with Gasteiger partial charge in [0.25, 0.3) is 5.56 Å². The Hall–Kier alpha value is -1.88. The van der Waals surface area contributed by atoms with E-state index in [0.717, 1.165) is 6.07 Å². The Balaban J connectivity index is 2.10. The summed E-state index contributed by atoms with van der Waals surface area (Å²) in [5.41, 5.74) is -0.260. The first-order chi connectivity index (χ1) is 8.15. The second kappa shape index (κ2) is 4.97. The highest BCUT2D eigenvalue weighted by Gasteiger charge is 2.04. The third kappa shape index (κ3) is 3.04. The van der Waals surface area contributed by atoms with Crippen molar-refractivity contribution >= 4 is 11.6 Å². The van der Waals surface area contributed by atoms with Crippen molar-refractivity contribution in [3.05, 3.63) is 57.5 Å². The molecule has 0 unspecified atom stereocenters. The molecule has 0 bridgehead atoms. The summed E-state index contributed by atoms with van der Waals surface area (Å²) in [6.45, 7) is 0.0570. The van der Waals surface area contributed by atoms with Crippen LogP contribution in [-0.2, 0) is 6.61 Å². The molecule has 2 aromatic rings. The zero-order valence-electron chi connectivity index (χ0n) is 8.61. The largest absolute Gasteiger partial charge is 0.484 e. The van der Waals surface area contributed by atoms with Crippen LogP contribution in [0, 0.1) is 5.82 Å². The molecule has 0 spiro atoms. The first-order valence-electron chi connectivity index (χ1n) is 4.77. The van der Waals surface area contributed by atoms with E-state index in [1.54, 1.807) is 0 Å². The summed E-state index contributed by atoms with van der Waals surface area (Å²) in [4.78, 5) is 17.4. The van der Waals surface area contributed by atoms with Gasteiger partial charge >= 0.3 is 0 Å². The van der Waals surface area contributed by atoms with Crippen LogP contribution in [0.25, 0.3) is 0 Å². The molecule has 0 saturated carbocycles. The Kier molecular flexibility index (Phi) is 3.39. The van der Waals surface area contributed by atoms with Gasteiger partial charge in [0.05, 0.1) is 5.02 Å². The molecule has 0 saturated heterocycles. The van der Waals surface area contributed by atoms with Crippen LogP contribution in [0.1, 0.15) is 5.82 Å². The standard InChI is InChI=1S/C11H8ClFN2O2/c12-8-5-7(13)1-2-9(8)17-6-10-14-4-3-11(16)15-10/h1-5H,6H2,(H,14,15,16). The Labute approximate surface area is 101 Å². The molecular weight excluding hydrogens is 247 g/mol. The van der Waals surface area contributed by atoms with Crippen molar-refractivity contribution in [1.29, 1.82) is 0 Å². The summed E-state index contributed by atoms with van der Waals surface area (Å²) in [6, 6.07) is 5.10. The van der Waals surface area contributed by atoms with Gasteiger partial charge in [-0.15, -0.1) is 0 Å². The molecule has 1 aromatic carbocycles. The number of nitrogens with one attached hydrogen (secondary N) is 1. The fraction of sp³-hybridized carbons (Fsp3) is 0.0909. The smallest absolute Gasteiger partial charge is 0.250 e. The summed E-state index contributed by atoms with van der Waals surface area (Å²) in [6.07, 6.45) is 1.38. The number of ether oxygens (including phenoxy) is 1. The molecule has 6 heteroatoms. The maximum Gasteiger partial charge on any atom is 0.250 e. The molecule has 0 atom stereocenters. The van der Waals surface area contributed by atoms with E-state index < -0.39 is 5.82 Å². The molecule has 0 aliphatic heterocycles. The molecule has 1 N–H and O–H groups in total. The third-order valence-electron chi connectivity index (χ3n) is 1.98. The van der Waals surface area contributed by atoms with Gasteiger partial charge in [0.1, 0.15) is 24.0 Å². The maximum atomic E-state index is 12.8. The zero-order valence-corrected chi connectivity index (χ0v) is 9.37. The van der Waals surface area contributed by atoms with Gasteiger partial charge in [-0.3, -0.25) is 4.79 Å². The average Bonchev–Trinajstić information content (AvgIpc) is 2.28. The Morgan fingerprint density at radius 1 is 1.41 bits per heavy atom. The average molecular weight is 255 g/mol.